The Morgan fingerprint density at radius 3 is 2.38 bits per heavy atom. The van der Waals surface area contributed by atoms with Crippen molar-refractivity contribution < 1.29 is 18.7 Å². The minimum Gasteiger partial charge on any atom is -0.480 e. The van der Waals surface area contributed by atoms with Gasteiger partial charge in [0.1, 0.15) is 6.04 Å². The lowest BCUT2D eigenvalue weighted by Crippen LogP contribution is -2.46. The smallest absolute Gasteiger partial charge is 0.321 e. The van der Waals surface area contributed by atoms with Crippen LogP contribution in [-0.4, -0.2) is 17.1 Å². The Kier molecular flexibility index (Phi) is 3.28. The molecule has 0 heterocycles. The molecule has 3 N–H and O–H groups in total. The van der Waals surface area contributed by atoms with E-state index in [9.17, 15) is 13.6 Å². The highest BCUT2D eigenvalue weighted by molar-refractivity contribution is 5.75. The predicted molar refractivity (Wildman–Crippen MR) is 55.0 cm³/mol. The second-order valence-corrected chi connectivity index (χ2v) is 4.17. The average Bonchev–Trinajstić information content (AvgIpc) is 2.20. The van der Waals surface area contributed by atoms with Gasteiger partial charge in [-0.25, -0.2) is 8.78 Å². The number of halogens is 2. The monoisotopic (exact) mass is 229 g/mol. The number of carboxylic acids is 1. The van der Waals surface area contributed by atoms with Gasteiger partial charge in [-0.05, 0) is 17.7 Å². The molecule has 0 saturated heterocycles. The predicted octanol–water partition coefficient (Wildman–Crippen LogP) is 1.65. The molecule has 88 valence electrons. The van der Waals surface area contributed by atoms with E-state index in [-0.39, 0.29) is 0 Å². The molecule has 1 unspecified atom stereocenters. The van der Waals surface area contributed by atoms with Crippen molar-refractivity contribution in [3.63, 3.8) is 0 Å². The van der Waals surface area contributed by atoms with Gasteiger partial charge in [-0.15, -0.1) is 0 Å². The standard InChI is InChI=1S/C11H13F2NO2/c1-11(2,9(14)10(15)16)6-3-4-7(12)8(13)5-6/h3-5,9H,14H2,1-2H3,(H,15,16). The van der Waals surface area contributed by atoms with Crippen LogP contribution < -0.4 is 5.73 Å². The number of carboxylic acid groups (broad SMARTS) is 1. The van der Waals surface area contributed by atoms with Crippen LogP contribution in [-0.2, 0) is 10.2 Å². The van der Waals surface area contributed by atoms with Crippen molar-refractivity contribution in [2.45, 2.75) is 25.3 Å². The highest BCUT2D eigenvalue weighted by atomic mass is 19.2. The first-order valence-corrected chi connectivity index (χ1v) is 4.70. The van der Waals surface area contributed by atoms with E-state index in [4.69, 9.17) is 10.8 Å². The van der Waals surface area contributed by atoms with Crippen LogP contribution in [0.4, 0.5) is 8.78 Å². The van der Waals surface area contributed by atoms with Crippen LogP contribution in [0.3, 0.4) is 0 Å². The summed E-state index contributed by atoms with van der Waals surface area (Å²) in [6, 6.07) is 2.08. The van der Waals surface area contributed by atoms with Crippen molar-refractivity contribution >= 4 is 5.97 Å². The lowest BCUT2D eigenvalue weighted by atomic mass is 9.78. The summed E-state index contributed by atoms with van der Waals surface area (Å²) < 4.78 is 25.7. The summed E-state index contributed by atoms with van der Waals surface area (Å²) in [7, 11) is 0. The average molecular weight is 229 g/mol. The molecule has 5 heteroatoms. The molecule has 0 aliphatic carbocycles. The molecule has 1 aromatic rings. The van der Waals surface area contributed by atoms with E-state index in [2.05, 4.69) is 0 Å². The Morgan fingerprint density at radius 1 is 1.38 bits per heavy atom. The van der Waals surface area contributed by atoms with Gasteiger partial charge in [0.2, 0.25) is 0 Å². The SMILES string of the molecule is CC(C)(c1ccc(F)c(F)c1)C(N)C(=O)O. The molecule has 1 atom stereocenters. The van der Waals surface area contributed by atoms with Gasteiger partial charge in [-0.1, -0.05) is 19.9 Å². The maximum absolute atomic E-state index is 13.0. The van der Waals surface area contributed by atoms with Gasteiger partial charge in [0.15, 0.2) is 11.6 Å². The van der Waals surface area contributed by atoms with Crippen molar-refractivity contribution in [2.24, 2.45) is 5.73 Å². The van der Waals surface area contributed by atoms with Crippen LogP contribution in [0.25, 0.3) is 0 Å². The van der Waals surface area contributed by atoms with Crippen LogP contribution in [0.15, 0.2) is 18.2 Å². The third kappa shape index (κ3) is 2.19. The fourth-order valence-electron chi connectivity index (χ4n) is 1.39. The molecule has 1 aromatic carbocycles. The molecule has 0 saturated carbocycles. The maximum Gasteiger partial charge on any atom is 0.321 e. The second kappa shape index (κ2) is 4.17. The highest BCUT2D eigenvalue weighted by Gasteiger charge is 2.34. The van der Waals surface area contributed by atoms with Gasteiger partial charge in [-0.3, -0.25) is 4.79 Å². The number of rotatable bonds is 3. The third-order valence-electron chi connectivity index (χ3n) is 2.71. The van der Waals surface area contributed by atoms with Crippen LogP contribution in [0, 0.1) is 11.6 Å². The van der Waals surface area contributed by atoms with E-state index < -0.39 is 29.1 Å². The largest absolute Gasteiger partial charge is 0.480 e. The highest BCUT2D eigenvalue weighted by Crippen LogP contribution is 2.27. The Labute approximate surface area is 91.9 Å². The summed E-state index contributed by atoms with van der Waals surface area (Å²) in [5, 5.41) is 8.81. The molecule has 3 nitrogen and oxygen atoms in total. The van der Waals surface area contributed by atoms with Gasteiger partial charge >= 0.3 is 5.97 Å². The van der Waals surface area contributed by atoms with Gasteiger partial charge in [0, 0.05) is 5.41 Å². The summed E-state index contributed by atoms with van der Waals surface area (Å²) in [5.74, 6) is -3.17. The molecule has 0 aliphatic heterocycles. The Hall–Kier alpha value is -1.49. The fraction of sp³-hybridized carbons (Fsp3) is 0.364. The molecule has 0 aromatic heterocycles. The quantitative estimate of drug-likeness (QED) is 0.828. The number of carbonyl (C=O) groups is 1. The molecule has 0 radical (unpaired) electrons. The Balaban J connectivity index is 3.16. The number of aliphatic carboxylic acids is 1. The number of nitrogens with two attached hydrogens (primary N) is 1. The topological polar surface area (TPSA) is 63.3 Å². The molecular weight excluding hydrogens is 216 g/mol. The Morgan fingerprint density at radius 2 is 1.94 bits per heavy atom. The zero-order chi connectivity index (χ0) is 12.5. The molecule has 0 spiro atoms. The van der Waals surface area contributed by atoms with Crippen molar-refractivity contribution in [1.29, 1.82) is 0 Å². The molecule has 0 amide bonds. The normalized spacial score (nSPS) is 13.6. The number of hydrogen-bond donors (Lipinski definition) is 2. The maximum atomic E-state index is 13.0. The minimum absolute atomic E-state index is 0.348. The van der Waals surface area contributed by atoms with Crippen LogP contribution in [0.1, 0.15) is 19.4 Å². The molecule has 1 rings (SSSR count). The van der Waals surface area contributed by atoms with Crippen LogP contribution in [0.2, 0.25) is 0 Å². The van der Waals surface area contributed by atoms with E-state index in [0.717, 1.165) is 12.1 Å². The summed E-state index contributed by atoms with van der Waals surface area (Å²) >= 11 is 0. The molecule has 0 bridgehead atoms. The third-order valence-corrected chi connectivity index (χ3v) is 2.71. The first-order valence-electron chi connectivity index (χ1n) is 4.70. The molecular formula is C11H13F2NO2. The van der Waals surface area contributed by atoms with Crippen molar-refractivity contribution in [1.82, 2.24) is 0 Å². The van der Waals surface area contributed by atoms with E-state index in [1.807, 2.05) is 0 Å². The van der Waals surface area contributed by atoms with Gasteiger partial charge < -0.3 is 10.8 Å². The summed E-state index contributed by atoms with van der Waals surface area (Å²) in [6.07, 6.45) is 0. The number of benzene rings is 1. The van der Waals surface area contributed by atoms with Crippen molar-refractivity contribution in [3.8, 4) is 0 Å². The lowest BCUT2D eigenvalue weighted by molar-refractivity contribution is -0.140. The molecule has 0 aliphatic rings. The number of hydrogen-bond acceptors (Lipinski definition) is 2. The lowest BCUT2D eigenvalue weighted by Gasteiger charge is -2.29. The van der Waals surface area contributed by atoms with Crippen molar-refractivity contribution in [2.75, 3.05) is 0 Å². The summed E-state index contributed by atoms with van der Waals surface area (Å²) in [5.41, 5.74) is 4.88. The van der Waals surface area contributed by atoms with Crippen LogP contribution >= 0.6 is 0 Å². The van der Waals surface area contributed by atoms with Gasteiger partial charge in [-0.2, -0.15) is 0 Å². The van der Waals surface area contributed by atoms with Gasteiger partial charge in [0.25, 0.3) is 0 Å². The first kappa shape index (κ1) is 12.6. The van der Waals surface area contributed by atoms with E-state index in [1.54, 1.807) is 13.8 Å². The zero-order valence-corrected chi connectivity index (χ0v) is 9.00. The van der Waals surface area contributed by atoms with Gasteiger partial charge in [0.05, 0.1) is 0 Å². The van der Waals surface area contributed by atoms with E-state index in [1.165, 1.54) is 6.07 Å². The second-order valence-electron chi connectivity index (χ2n) is 4.17. The minimum atomic E-state index is -1.19. The van der Waals surface area contributed by atoms with Crippen LogP contribution in [0.5, 0.6) is 0 Å². The van der Waals surface area contributed by atoms with E-state index >= 15 is 0 Å². The Bertz CT molecular complexity index is 418. The fourth-order valence-corrected chi connectivity index (χ4v) is 1.39. The summed E-state index contributed by atoms with van der Waals surface area (Å²) in [6.45, 7) is 3.14. The first-order chi connectivity index (χ1) is 7.26. The zero-order valence-electron chi connectivity index (χ0n) is 9.00. The van der Waals surface area contributed by atoms with Crippen molar-refractivity contribution in [3.05, 3.63) is 35.4 Å². The van der Waals surface area contributed by atoms with E-state index in [0.29, 0.717) is 5.56 Å². The molecule has 0 fully saturated rings. The summed E-state index contributed by atoms with van der Waals surface area (Å²) in [4.78, 5) is 10.8. The molecule has 16 heavy (non-hydrogen) atoms.